The zero-order valence-corrected chi connectivity index (χ0v) is 13.3. The molecule has 0 fully saturated rings. The monoisotopic (exact) mass is 300 g/mol. The van der Waals surface area contributed by atoms with E-state index in [1.54, 1.807) is 12.1 Å². The summed E-state index contributed by atoms with van der Waals surface area (Å²) in [4.78, 5) is 0.294. The molecule has 0 saturated carbocycles. The standard InChI is InChI=1S/C14H24N2O3S/c1-11(10-17)9-15-12(2)13-5-7-14(8-6-13)20(18,19)16(3)4/h5-8,11-12,15,17H,9-10H2,1-4H3. The van der Waals surface area contributed by atoms with Crippen molar-refractivity contribution in [1.29, 1.82) is 0 Å². The predicted molar refractivity (Wildman–Crippen MR) is 80.0 cm³/mol. The highest BCUT2D eigenvalue weighted by Gasteiger charge is 2.17. The highest BCUT2D eigenvalue weighted by molar-refractivity contribution is 7.89. The number of rotatable bonds is 7. The van der Waals surface area contributed by atoms with E-state index in [-0.39, 0.29) is 18.6 Å². The van der Waals surface area contributed by atoms with E-state index in [1.165, 1.54) is 18.4 Å². The molecule has 0 radical (unpaired) electrons. The number of hydrogen-bond donors (Lipinski definition) is 2. The van der Waals surface area contributed by atoms with Crippen LogP contribution in [0.2, 0.25) is 0 Å². The van der Waals surface area contributed by atoms with Crippen molar-refractivity contribution in [2.24, 2.45) is 5.92 Å². The van der Waals surface area contributed by atoms with Gasteiger partial charge >= 0.3 is 0 Å². The van der Waals surface area contributed by atoms with Crippen LogP contribution in [-0.2, 0) is 10.0 Å². The van der Waals surface area contributed by atoms with Crippen LogP contribution < -0.4 is 5.32 Å². The lowest BCUT2D eigenvalue weighted by Crippen LogP contribution is -2.26. The van der Waals surface area contributed by atoms with Crippen LogP contribution in [0.25, 0.3) is 0 Å². The van der Waals surface area contributed by atoms with Crippen LogP contribution in [0.4, 0.5) is 0 Å². The summed E-state index contributed by atoms with van der Waals surface area (Å²) in [6.45, 7) is 4.85. The van der Waals surface area contributed by atoms with E-state index >= 15 is 0 Å². The Morgan fingerprint density at radius 1 is 1.20 bits per heavy atom. The highest BCUT2D eigenvalue weighted by atomic mass is 32.2. The van der Waals surface area contributed by atoms with Crippen molar-refractivity contribution in [2.75, 3.05) is 27.2 Å². The smallest absolute Gasteiger partial charge is 0.242 e. The van der Waals surface area contributed by atoms with Gasteiger partial charge in [-0.1, -0.05) is 19.1 Å². The van der Waals surface area contributed by atoms with Crippen LogP contribution in [0.1, 0.15) is 25.5 Å². The van der Waals surface area contributed by atoms with Gasteiger partial charge in [-0.15, -0.1) is 0 Å². The molecule has 2 atom stereocenters. The summed E-state index contributed by atoms with van der Waals surface area (Å²) in [5, 5.41) is 12.3. The van der Waals surface area contributed by atoms with Crippen LogP contribution in [0.5, 0.6) is 0 Å². The molecule has 0 heterocycles. The minimum absolute atomic E-state index is 0.111. The zero-order chi connectivity index (χ0) is 15.3. The normalized spacial score (nSPS) is 15.3. The molecule has 114 valence electrons. The molecular weight excluding hydrogens is 276 g/mol. The third-order valence-corrected chi connectivity index (χ3v) is 5.07. The van der Waals surface area contributed by atoms with Gasteiger partial charge in [0, 0.05) is 33.3 Å². The molecule has 1 rings (SSSR count). The molecule has 0 aliphatic carbocycles. The van der Waals surface area contributed by atoms with E-state index in [4.69, 9.17) is 5.11 Å². The topological polar surface area (TPSA) is 69.6 Å². The number of aliphatic hydroxyl groups excluding tert-OH is 1. The lowest BCUT2D eigenvalue weighted by atomic mass is 10.1. The molecule has 2 unspecified atom stereocenters. The fourth-order valence-corrected chi connectivity index (χ4v) is 2.60. The molecule has 1 aromatic carbocycles. The summed E-state index contributed by atoms with van der Waals surface area (Å²) in [7, 11) is -0.334. The Kier molecular flexibility index (Phi) is 6.13. The fourth-order valence-electron chi connectivity index (χ4n) is 1.70. The van der Waals surface area contributed by atoms with Gasteiger partial charge in [0.1, 0.15) is 0 Å². The molecule has 0 aliphatic rings. The Morgan fingerprint density at radius 2 is 1.75 bits per heavy atom. The van der Waals surface area contributed by atoms with Gasteiger partial charge in [-0.05, 0) is 30.5 Å². The SMILES string of the molecule is CC(CO)CNC(C)c1ccc(S(=O)(=O)N(C)C)cc1. The largest absolute Gasteiger partial charge is 0.396 e. The minimum Gasteiger partial charge on any atom is -0.396 e. The Bertz CT molecular complexity index is 512. The van der Waals surface area contributed by atoms with Crippen molar-refractivity contribution in [1.82, 2.24) is 9.62 Å². The molecule has 0 aromatic heterocycles. The predicted octanol–water partition coefficient (Wildman–Crippen LogP) is 1.22. The maximum absolute atomic E-state index is 11.9. The quantitative estimate of drug-likeness (QED) is 0.794. The number of aliphatic hydroxyl groups is 1. The van der Waals surface area contributed by atoms with Crippen molar-refractivity contribution in [3.63, 3.8) is 0 Å². The Balaban J connectivity index is 2.76. The molecule has 6 heteroatoms. The molecule has 20 heavy (non-hydrogen) atoms. The van der Waals surface area contributed by atoms with Crippen LogP contribution in [-0.4, -0.2) is 45.1 Å². The average Bonchev–Trinajstić information content (AvgIpc) is 2.44. The average molecular weight is 300 g/mol. The van der Waals surface area contributed by atoms with Gasteiger partial charge in [0.05, 0.1) is 4.90 Å². The Morgan fingerprint density at radius 3 is 2.20 bits per heavy atom. The second kappa shape index (κ2) is 7.17. The minimum atomic E-state index is -3.37. The van der Waals surface area contributed by atoms with Crippen LogP contribution in [0, 0.1) is 5.92 Å². The first-order chi connectivity index (χ1) is 9.28. The van der Waals surface area contributed by atoms with Crippen molar-refractivity contribution >= 4 is 10.0 Å². The molecule has 1 aromatic rings. The summed E-state index contributed by atoms with van der Waals surface area (Å²) in [5.74, 6) is 0.200. The van der Waals surface area contributed by atoms with Crippen molar-refractivity contribution in [2.45, 2.75) is 24.8 Å². The molecular formula is C14H24N2O3S. The second-order valence-electron chi connectivity index (χ2n) is 5.27. The lowest BCUT2D eigenvalue weighted by molar-refractivity contribution is 0.231. The van der Waals surface area contributed by atoms with Gasteiger partial charge in [-0.25, -0.2) is 12.7 Å². The van der Waals surface area contributed by atoms with E-state index in [0.29, 0.717) is 4.90 Å². The van der Waals surface area contributed by atoms with Crippen molar-refractivity contribution < 1.29 is 13.5 Å². The van der Waals surface area contributed by atoms with E-state index in [1.807, 2.05) is 26.0 Å². The molecule has 0 bridgehead atoms. The summed E-state index contributed by atoms with van der Waals surface area (Å²) in [6, 6.07) is 6.99. The third kappa shape index (κ3) is 4.28. The number of sulfonamides is 1. The summed E-state index contributed by atoms with van der Waals surface area (Å²) < 4.78 is 25.1. The molecule has 2 N–H and O–H groups in total. The summed E-state index contributed by atoms with van der Waals surface area (Å²) >= 11 is 0. The molecule has 0 aliphatic heterocycles. The third-order valence-electron chi connectivity index (χ3n) is 3.24. The van der Waals surface area contributed by atoms with Gasteiger partial charge in [0.25, 0.3) is 0 Å². The van der Waals surface area contributed by atoms with Crippen LogP contribution in [0.15, 0.2) is 29.2 Å². The van der Waals surface area contributed by atoms with E-state index in [2.05, 4.69) is 5.32 Å². The second-order valence-corrected chi connectivity index (χ2v) is 7.43. The summed E-state index contributed by atoms with van der Waals surface area (Å²) in [6.07, 6.45) is 0. The zero-order valence-electron chi connectivity index (χ0n) is 12.5. The summed E-state index contributed by atoms with van der Waals surface area (Å²) in [5.41, 5.74) is 1.02. The van der Waals surface area contributed by atoms with E-state index < -0.39 is 10.0 Å². The van der Waals surface area contributed by atoms with Crippen LogP contribution >= 0.6 is 0 Å². The van der Waals surface area contributed by atoms with Gasteiger partial charge in [-0.2, -0.15) is 0 Å². The number of nitrogens with one attached hydrogen (secondary N) is 1. The lowest BCUT2D eigenvalue weighted by Gasteiger charge is -2.17. The van der Waals surface area contributed by atoms with Crippen LogP contribution in [0.3, 0.4) is 0 Å². The molecule has 0 saturated heterocycles. The molecule has 5 nitrogen and oxygen atoms in total. The molecule has 0 amide bonds. The first kappa shape index (κ1) is 17.1. The van der Waals surface area contributed by atoms with E-state index in [9.17, 15) is 8.42 Å². The first-order valence-corrected chi connectivity index (χ1v) is 8.09. The maximum atomic E-state index is 11.9. The first-order valence-electron chi connectivity index (χ1n) is 6.65. The number of nitrogens with zero attached hydrogens (tertiary/aromatic N) is 1. The fraction of sp³-hybridized carbons (Fsp3) is 0.571. The van der Waals surface area contributed by atoms with Gasteiger partial charge in [0.15, 0.2) is 0 Å². The number of hydrogen-bond acceptors (Lipinski definition) is 4. The van der Waals surface area contributed by atoms with Crippen molar-refractivity contribution in [3.8, 4) is 0 Å². The molecule has 0 spiro atoms. The maximum Gasteiger partial charge on any atom is 0.242 e. The van der Waals surface area contributed by atoms with Crippen molar-refractivity contribution in [3.05, 3.63) is 29.8 Å². The Labute approximate surface area is 121 Å². The van der Waals surface area contributed by atoms with Gasteiger partial charge < -0.3 is 10.4 Å². The van der Waals surface area contributed by atoms with Gasteiger partial charge in [0.2, 0.25) is 10.0 Å². The Hall–Kier alpha value is -0.950. The van der Waals surface area contributed by atoms with Gasteiger partial charge in [-0.3, -0.25) is 0 Å². The number of benzene rings is 1. The van der Waals surface area contributed by atoms with E-state index in [0.717, 1.165) is 12.1 Å². The highest BCUT2D eigenvalue weighted by Crippen LogP contribution is 2.18.